The summed E-state index contributed by atoms with van der Waals surface area (Å²) in [6.07, 6.45) is -0.695. The lowest BCUT2D eigenvalue weighted by Gasteiger charge is -2.31. The minimum Gasteiger partial charge on any atom is -0.389 e. The molecule has 0 spiro atoms. The van der Waals surface area contributed by atoms with Crippen molar-refractivity contribution in [2.75, 3.05) is 25.2 Å². The van der Waals surface area contributed by atoms with Crippen LogP contribution in [0.25, 0.3) is 0 Å². The average molecular weight is 255 g/mol. The molecule has 18 heavy (non-hydrogen) atoms. The van der Waals surface area contributed by atoms with Crippen LogP contribution in [0.1, 0.15) is 32.4 Å². The highest BCUT2D eigenvalue weighted by Gasteiger charge is 2.17. The molecule has 1 unspecified atom stereocenters. The van der Waals surface area contributed by atoms with Crippen molar-refractivity contribution in [3.63, 3.8) is 0 Å². The zero-order valence-electron chi connectivity index (χ0n) is 11.5. The van der Waals surface area contributed by atoms with Crippen LogP contribution in [-0.2, 0) is 4.74 Å². The van der Waals surface area contributed by atoms with Crippen molar-refractivity contribution in [3.8, 4) is 0 Å². The molecule has 0 aliphatic heterocycles. The van der Waals surface area contributed by atoms with Gasteiger partial charge < -0.3 is 14.7 Å². The van der Waals surface area contributed by atoms with Crippen molar-refractivity contribution in [2.24, 2.45) is 0 Å². The fourth-order valence-electron chi connectivity index (χ4n) is 1.97. The molecule has 1 rings (SSSR count). The number of aliphatic hydroxyl groups excluding tert-OH is 1. The molecule has 0 fully saturated rings. The highest BCUT2D eigenvalue weighted by atomic mass is 19.1. The predicted molar refractivity (Wildman–Crippen MR) is 71.4 cm³/mol. The van der Waals surface area contributed by atoms with Crippen molar-refractivity contribution < 1.29 is 14.2 Å². The lowest BCUT2D eigenvalue weighted by atomic mass is 10.1. The number of aliphatic hydroxyl groups is 1. The van der Waals surface area contributed by atoms with E-state index in [9.17, 15) is 9.50 Å². The summed E-state index contributed by atoms with van der Waals surface area (Å²) >= 11 is 0. The first-order valence-electron chi connectivity index (χ1n) is 6.20. The van der Waals surface area contributed by atoms with Crippen LogP contribution in [0.2, 0.25) is 0 Å². The Balaban J connectivity index is 3.10. The fourth-order valence-corrected chi connectivity index (χ4v) is 1.97. The van der Waals surface area contributed by atoms with E-state index < -0.39 is 6.10 Å². The van der Waals surface area contributed by atoms with E-state index in [1.54, 1.807) is 20.1 Å². The molecule has 1 N–H and O–H groups in total. The van der Waals surface area contributed by atoms with Gasteiger partial charge >= 0.3 is 0 Å². The van der Waals surface area contributed by atoms with Crippen molar-refractivity contribution >= 4 is 5.69 Å². The zero-order valence-corrected chi connectivity index (χ0v) is 11.5. The van der Waals surface area contributed by atoms with Gasteiger partial charge in [-0.05, 0) is 39.0 Å². The first kappa shape index (κ1) is 14.9. The summed E-state index contributed by atoms with van der Waals surface area (Å²) in [6, 6.07) is 4.78. The van der Waals surface area contributed by atoms with Gasteiger partial charge in [-0.1, -0.05) is 0 Å². The van der Waals surface area contributed by atoms with E-state index in [1.807, 2.05) is 0 Å². The largest absolute Gasteiger partial charge is 0.389 e. The Bertz CT molecular complexity index is 380. The summed E-state index contributed by atoms with van der Waals surface area (Å²) < 4.78 is 18.4. The second-order valence-corrected chi connectivity index (χ2v) is 4.66. The van der Waals surface area contributed by atoms with Crippen LogP contribution in [0.15, 0.2) is 18.2 Å². The monoisotopic (exact) mass is 255 g/mol. The van der Waals surface area contributed by atoms with Crippen LogP contribution in [0, 0.1) is 5.82 Å². The lowest BCUT2D eigenvalue weighted by molar-refractivity contribution is 0.196. The smallest absolute Gasteiger partial charge is 0.123 e. The first-order chi connectivity index (χ1) is 8.47. The van der Waals surface area contributed by atoms with Crippen LogP contribution in [0.5, 0.6) is 0 Å². The second-order valence-electron chi connectivity index (χ2n) is 4.66. The van der Waals surface area contributed by atoms with Gasteiger partial charge in [-0.15, -0.1) is 0 Å². The van der Waals surface area contributed by atoms with Gasteiger partial charge in [0.2, 0.25) is 0 Å². The Morgan fingerprint density at radius 3 is 2.50 bits per heavy atom. The highest BCUT2D eigenvalue weighted by molar-refractivity contribution is 5.55. The molecule has 0 aromatic heterocycles. The number of ether oxygens (including phenoxy) is 1. The number of rotatable bonds is 6. The third-order valence-electron chi connectivity index (χ3n) is 2.91. The summed E-state index contributed by atoms with van der Waals surface area (Å²) in [5, 5.41) is 9.76. The SMILES string of the molecule is COCCN(c1ccc(F)cc1C(C)O)C(C)C. The Hall–Kier alpha value is -1.13. The number of hydrogen-bond acceptors (Lipinski definition) is 3. The van der Waals surface area contributed by atoms with Gasteiger partial charge in [0.1, 0.15) is 5.82 Å². The van der Waals surface area contributed by atoms with Gasteiger partial charge in [0.15, 0.2) is 0 Å². The van der Waals surface area contributed by atoms with Crippen molar-refractivity contribution in [3.05, 3.63) is 29.6 Å². The molecule has 4 heteroatoms. The van der Waals surface area contributed by atoms with Crippen molar-refractivity contribution in [2.45, 2.75) is 32.9 Å². The van der Waals surface area contributed by atoms with Crippen LogP contribution < -0.4 is 4.90 Å². The molecular weight excluding hydrogens is 233 g/mol. The summed E-state index contributed by atoms with van der Waals surface area (Å²) in [5.74, 6) is -0.329. The van der Waals surface area contributed by atoms with Gasteiger partial charge in [-0.3, -0.25) is 0 Å². The average Bonchev–Trinajstić information content (AvgIpc) is 2.30. The molecule has 0 aliphatic rings. The Kier molecular flexibility index (Phi) is 5.56. The molecule has 1 atom stereocenters. The Morgan fingerprint density at radius 2 is 2.00 bits per heavy atom. The summed E-state index contributed by atoms with van der Waals surface area (Å²) in [5.41, 5.74) is 1.47. The van der Waals surface area contributed by atoms with Gasteiger partial charge in [0.25, 0.3) is 0 Å². The third kappa shape index (κ3) is 3.68. The summed E-state index contributed by atoms with van der Waals surface area (Å²) in [7, 11) is 1.65. The molecule has 0 bridgehead atoms. The maximum atomic E-state index is 13.3. The molecule has 0 saturated carbocycles. The standard InChI is InChI=1S/C14H22FNO2/c1-10(2)16(7-8-18-4)14-6-5-12(15)9-13(14)11(3)17/h5-6,9-11,17H,7-8H2,1-4H3. The maximum absolute atomic E-state index is 13.3. The van der Waals surface area contributed by atoms with E-state index in [0.717, 1.165) is 5.69 Å². The predicted octanol–water partition coefficient (Wildman–Crippen LogP) is 2.74. The lowest BCUT2D eigenvalue weighted by Crippen LogP contribution is -2.34. The van der Waals surface area contributed by atoms with Gasteiger partial charge in [-0.25, -0.2) is 4.39 Å². The number of halogens is 1. The molecule has 3 nitrogen and oxygen atoms in total. The van der Waals surface area contributed by atoms with E-state index in [1.165, 1.54) is 12.1 Å². The topological polar surface area (TPSA) is 32.7 Å². The zero-order chi connectivity index (χ0) is 13.7. The number of anilines is 1. The molecule has 102 valence electrons. The quantitative estimate of drug-likeness (QED) is 0.848. The van der Waals surface area contributed by atoms with Crippen LogP contribution in [0.4, 0.5) is 10.1 Å². The van der Waals surface area contributed by atoms with Gasteiger partial charge in [-0.2, -0.15) is 0 Å². The van der Waals surface area contributed by atoms with Gasteiger partial charge in [0.05, 0.1) is 12.7 Å². The van der Waals surface area contributed by atoms with E-state index in [2.05, 4.69) is 18.7 Å². The second kappa shape index (κ2) is 6.71. The van der Waals surface area contributed by atoms with E-state index >= 15 is 0 Å². The Labute approximate surface area is 108 Å². The molecular formula is C14H22FNO2. The highest BCUT2D eigenvalue weighted by Crippen LogP contribution is 2.28. The van der Waals surface area contributed by atoms with E-state index in [-0.39, 0.29) is 11.9 Å². The van der Waals surface area contributed by atoms with Crippen LogP contribution in [0.3, 0.4) is 0 Å². The first-order valence-corrected chi connectivity index (χ1v) is 6.20. The maximum Gasteiger partial charge on any atom is 0.123 e. The van der Waals surface area contributed by atoms with Gasteiger partial charge in [0, 0.05) is 30.9 Å². The van der Waals surface area contributed by atoms with Crippen molar-refractivity contribution in [1.82, 2.24) is 0 Å². The fraction of sp³-hybridized carbons (Fsp3) is 0.571. The normalized spacial score (nSPS) is 12.8. The number of benzene rings is 1. The molecule has 0 amide bonds. The summed E-state index contributed by atoms with van der Waals surface area (Å²) in [4.78, 5) is 2.10. The third-order valence-corrected chi connectivity index (χ3v) is 2.91. The summed E-state index contributed by atoms with van der Waals surface area (Å²) in [6.45, 7) is 7.07. The number of hydrogen-bond donors (Lipinski definition) is 1. The molecule has 0 radical (unpaired) electrons. The van der Waals surface area contributed by atoms with Crippen LogP contribution >= 0.6 is 0 Å². The van der Waals surface area contributed by atoms with Crippen molar-refractivity contribution in [1.29, 1.82) is 0 Å². The minimum absolute atomic E-state index is 0.253. The number of nitrogens with zero attached hydrogens (tertiary/aromatic N) is 1. The van der Waals surface area contributed by atoms with E-state index in [4.69, 9.17) is 4.74 Å². The molecule has 0 aliphatic carbocycles. The van der Waals surface area contributed by atoms with Crippen LogP contribution in [-0.4, -0.2) is 31.4 Å². The molecule has 0 saturated heterocycles. The molecule has 1 aromatic rings. The molecule has 1 aromatic carbocycles. The molecule has 0 heterocycles. The Morgan fingerprint density at radius 1 is 1.33 bits per heavy atom. The number of methoxy groups -OCH3 is 1. The minimum atomic E-state index is -0.695. The van der Waals surface area contributed by atoms with E-state index in [0.29, 0.717) is 18.7 Å².